The Morgan fingerprint density at radius 3 is 2.21 bits per heavy atom. The topological polar surface area (TPSA) is 99.1 Å². The molecule has 19 heavy (non-hydrogen) atoms. The molecule has 3 aromatic rings. The van der Waals surface area contributed by atoms with E-state index in [2.05, 4.69) is 4.98 Å². The van der Waals surface area contributed by atoms with E-state index in [0.29, 0.717) is 16.6 Å². The number of hydrogen-bond donors (Lipinski definition) is 2. The summed E-state index contributed by atoms with van der Waals surface area (Å²) in [6.07, 6.45) is 0. The maximum absolute atomic E-state index is 11.3. The molecule has 0 aliphatic carbocycles. The predicted molar refractivity (Wildman–Crippen MR) is 75.0 cm³/mol. The fourth-order valence-corrected chi connectivity index (χ4v) is 2.56. The van der Waals surface area contributed by atoms with Crippen molar-refractivity contribution < 1.29 is 8.42 Å². The van der Waals surface area contributed by atoms with E-state index in [-0.39, 0.29) is 4.90 Å². The van der Waals surface area contributed by atoms with Gasteiger partial charge >= 0.3 is 0 Å². The maximum Gasteiger partial charge on any atom is 0.238 e. The summed E-state index contributed by atoms with van der Waals surface area (Å²) in [6.45, 7) is 0. The molecule has 0 spiro atoms. The molecule has 0 unspecified atom stereocenters. The molecule has 0 atom stereocenters. The number of primary sulfonamides is 1. The van der Waals surface area contributed by atoms with E-state index in [1.807, 2.05) is 12.1 Å². The van der Waals surface area contributed by atoms with Crippen molar-refractivity contribution in [1.82, 2.24) is 4.98 Å². The first-order chi connectivity index (χ1) is 8.93. The third-order valence-corrected chi connectivity index (χ3v) is 3.84. The Kier molecular flexibility index (Phi) is 2.44. The Morgan fingerprint density at radius 1 is 0.895 bits per heavy atom. The van der Waals surface area contributed by atoms with Crippen molar-refractivity contribution in [1.29, 1.82) is 0 Å². The van der Waals surface area contributed by atoms with Crippen LogP contribution in [0.4, 0.5) is 5.69 Å². The van der Waals surface area contributed by atoms with Crippen LogP contribution in [0.15, 0.2) is 47.4 Å². The number of hydrogen-bond acceptors (Lipinski definition) is 4. The highest BCUT2D eigenvalue weighted by Crippen LogP contribution is 2.23. The van der Waals surface area contributed by atoms with Gasteiger partial charge in [0.05, 0.1) is 15.9 Å². The van der Waals surface area contributed by atoms with Crippen molar-refractivity contribution in [3.05, 3.63) is 42.5 Å². The number of nitrogens with two attached hydrogens (primary N) is 2. The lowest BCUT2D eigenvalue weighted by Gasteiger charge is -2.04. The normalized spacial score (nSPS) is 12.1. The summed E-state index contributed by atoms with van der Waals surface area (Å²) in [5, 5.41) is 6.69. The van der Waals surface area contributed by atoms with Crippen LogP contribution in [0.25, 0.3) is 21.8 Å². The van der Waals surface area contributed by atoms with Crippen LogP contribution < -0.4 is 10.9 Å². The summed E-state index contributed by atoms with van der Waals surface area (Å²) >= 11 is 0. The first-order valence-corrected chi connectivity index (χ1v) is 7.11. The van der Waals surface area contributed by atoms with Crippen molar-refractivity contribution >= 4 is 37.5 Å². The number of nitrogen functional groups attached to an aromatic ring is 1. The molecule has 0 saturated heterocycles. The van der Waals surface area contributed by atoms with Crippen LogP contribution in [-0.4, -0.2) is 13.4 Å². The number of fused-ring (bicyclic) bond motifs is 2. The van der Waals surface area contributed by atoms with E-state index in [1.165, 1.54) is 12.1 Å². The minimum Gasteiger partial charge on any atom is -0.399 e. The molecule has 1 aromatic heterocycles. The molecular weight excluding hydrogens is 262 g/mol. The second kappa shape index (κ2) is 3.91. The lowest BCUT2D eigenvalue weighted by atomic mass is 10.1. The summed E-state index contributed by atoms with van der Waals surface area (Å²) in [5.41, 5.74) is 7.88. The van der Waals surface area contributed by atoms with Crippen molar-refractivity contribution in [3.8, 4) is 0 Å². The number of rotatable bonds is 1. The summed E-state index contributed by atoms with van der Waals surface area (Å²) in [7, 11) is -3.71. The third-order valence-electron chi connectivity index (χ3n) is 2.93. The van der Waals surface area contributed by atoms with E-state index >= 15 is 0 Å². The van der Waals surface area contributed by atoms with Crippen molar-refractivity contribution in [2.24, 2.45) is 5.14 Å². The van der Waals surface area contributed by atoms with Gasteiger partial charge in [-0.1, -0.05) is 0 Å². The third kappa shape index (κ3) is 2.11. The first-order valence-electron chi connectivity index (χ1n) is 5.56. The van der Waals surface area contributed by atoms with E-state index in [4.69, 9.17) is 10.9 Å². The van der Waals surface area contributed by atoms with Crippen LogP contribution in [0.1, 0.15) is 0 Å². The van der Waals surface area contributed by atoms with Crippen LogP contribution in [-0.2, 0) is 10.0 Å². The van der Waals surface area contributed by atoms with Crippen molar-refractivity contribution in [2.75, 3.05) is 5.73 Å². The van der Waals surface area contributed by atoms with Crippen LogP contribution in [0.3, 0.4) is 0 Å². The molecule has 6 heteroatoms. The number of anilines is 1. The highest BCUT2D eigenvalue weighted by Gasteiger charge is 2.09. The summed E-state index contributed by atoms with van der Waals surface area (Å²) in [4.78, 5) is 4.52. The largest absolute Gasteiger partial charge is 0.399 e. The summed E-state index contributed by atoms with van der Waals surface area (Å²) < 4.78 is 22.7. The maximum atomic E-state index is 11.3. The molecule has 0 saturated carbocycles. The van der Waals surface area contributed by atoms with Crippen LogP contribution in [0.2, 0.25) is 0 Å². The van der Waals surface area contributed by atoms with Gasteiger partial charge in [-0.2, -0.15) is 0 Å². The first kappa shape index (κ1) is 11.9. The minimum absolute atomic E-state index is 0.0741. The van der Waals surface area contributed by atoms with Gasteiger partial charge in [0.25, 0.3) is 0 Å². The molecule has 4 N–H and O–H groups in total. The molecule has 96 valence electrons. The van der Waals surface area contributed by atoms with E-state index in [1.54, 1.807) is 18.2 Å². The Hall–Kier alpha value is -2.18. The summed E-state index contributed by atoms with van der Waals surface area (Å²) in [6, 6.07) is 11.9. The Morgan fingerprint density at radius 2 is 1.53 bits per heavy atom. The van der Waals surface area contributed by atoms with E-state index < -0.39 is 10.0 Å². The fourth-order valence-electron chi connectivity index (χ4n) is 2.01. The fraction of sp³-hybridized carbons (Fsp3) is 0. The molecule has 0 bridgehead atoms. The van der Waals surface area contributed by atoms with Gasteiger partial charge in [-0.15, -0.1) is 0 Å². The zero-order chi connectivity index (χ0) is 13.6. The SMILES string of the molecule is Nc1ccc2nc3ccc(S(N)(=O)=O)cc3cc2c1. The smallest absolute Gasteiger partial charge is 0.238 e. The van der Waals surface area contributed by atoms with Gasteiger partial charge in [-0.25, -0.2) is 18.5 Å². The molecule has 0 radical (unpaired) electrons. The lowest BCUT2D eigenvalue weighted by molar-refractivity contribution is 0.598. The van der Waals surface area contributed by atoms with Gasteiger partial charge in [0, 0.05) is 16.5 Å². The molecule has 0 aliphatic heterocycles. The predicted octanol–water partition coefficient (Wildman–Crippen LogP) is 1.62. The molecular formula is C13H11N3O2S. The molecule has 0 amide bonds. The van der Waals surface area contributed by atoms with Crippen LogP contribution in [0, 0.1) is 0 Å². The Labute approximate surface area is 109 Å². The van der Waals surface area contributed by atoms with E-state index in [0.717, 1.165) is 10.9 Å². The molecule has 1 heterocycles. The van der Waals surface area contributed by atoms with Crippen LogP contribution in [0.5, 0.6) is 0 Å². The van der Waals surface area contributed by atoms with Crippen molar-refractivity contribution in [2.45, 2.75) is 4.90 Å². The van der Waals surface area contributed by atoms with Gasteiger partial charge in [-0.3, -0.25) is 0 Å². The van der Waals surface area contributed by atoms with Crippen molar-refractivity contribution in [3.63, 3.8) is 0 Å². The molecule has 5 nitrogen and oxygen atoms in total. The lowest BCUT2D eigenvalue weighted by Crippen LogP contribution is -2.11. The minimum atomic E-state index is -3.71. The zero-order valence-corrected chi connectivity index (χ0v) is 10.7. The van der Waals surface area contributed by atoms with E-state index in [9.17, 15) is 8.42 Å². The Balaban J connectivity index is 2.36. The van der Waals surface area contributed by atoms with Crippen LogP contribution >= 0.6 is 0 Å². The second-order valence-corrected chi connectivity index (χ2v) is 5.90. The van der Waals surface area contributed by atoms with Gasteiger partial charge in [-0.05, 0) is 42.5 Å². The average molecular weight is 273 g/mol. The standard InChI is InChI=1S/C13H11N3O2S/c14-10-1-3-12-8(6-10)5-9-7-11(19(15,17)18)2-4-13(9)16-12/h1-7H,14H2,(H2,15,17,18). The molecule has 0 fully saturated rings. The van der Waals surface area contributed by atoms with Gasteiger partial charge in [0.2, 0.25) is 10.0 Å². The number of nitrogens with zero attached hydrogens (tertiary/aromatic N) is 1. The molecule has 0 aliphatic rings. The highest BCUT2D eigenvalue weighted by atomic mass is 32.2. The number of benzene rings is 2. The average Bonchev–Trinajstić information content (AvgIpc) is 2.34. The molecule has 3 rings (SSSR count). The van der Waals surface area contributed by atoms with Gasteiger partial charge in [0.1, 0.15) is 0 Å². The quantitative estimate of drug-likeness (QED) is 0.519. The Bertz CT molecular complexity index is 904. The van der Waals surface area contributed by atoms with Gasteiger partial charge in [0.15, 0.2) is 0 Å². The number of sulfonamides is 1. The number of aromatic nitrogens is 1. The number of pyridine rings is 1. The van der Waals surface area contributed by atoms with Gasteiger partial charge < -0.3 is 5.73 Å². The monoisotopic (exact) mass is 273 g/mol. The zero-order valence-electron chi connectivity index (χ0n) is 9.87. The molecule has 2 aromatic carbocycles. The summed E-state index contributed by atoms with van der Waals surface area (Å²) in [5.74, 6) is 0. The highest BCUT2D eigenvalue weighted by molar-refractivity contribution is 7.89. The second-order valence-electron chi connectivity index (χ2n) is 4.34.